The SMILES string of the molecule is CCN(CC)CCSc1ccc(Br)cc1CNC. The van der Waals surface area contributed by atoms with E-state index >= 15 is 0 Å². The summed E-state index contributed by atoms with van der Waals surface area (Å²) < 4.78 is 1.15. The highest BCUT2D eigenvalue weighted by Gasteiger charge is 2.05. The zero-order chi connectivity index (χ0) is 13.4. The lowest BCUT2D eigenvalue weighted by Gasteiger charge is -2.18. The number of halogens is 1. The molecule has 1 rings (SSSR count). The summed E-state index contributed by atoms with van der Waals surface area (Å²) >= 11 is 5.49. The van der Waals surface area contributed by atoms with Gasteiger partial charge in [0, 0.05) is 28.2 Å². The van der Waals surface area contributed by atoms with E-state index in [1.165, 1.54) is 10.5 Å². The molecular formula is C14H23BrN2S. The van der Waals surface area contributed by atoms with Gasteiger partial charge < -0.3 is 10.2 Å². The summed E-state index contributed by atoms with van der Waals surface area (Å²) in [5.74, 6) is 1.15. The zero-order valence-electron chi connectivity index (χ0n) is 11.5. The van der Waals surface area contributed by atoms with Crippen LogP contribution in [0.15, 0.2) is 27.6 Å². The Labute approximate surface area is 124 Å². The summed E-state index contributed by atoms with van der Waals surface area (Å²) in [7, 11) is 1.99. The van der Waals surface area contributed by atoms with E-state index in [-0.39, 0.29) is 0 Å². The maximum Gasteiger partial charge on any atom is 0.0214 e. The first-order valence-electron chi connectivity index (χ1n) is 6.49. The number of nitrogens with one attached hydrogen (secondary N) is 1. The molecule has 102 valence electrons. The minimum absolute atomic E-state index is 0.924. The Balaban J connectivity index is 2.55. The number of benzene rings is 1. The molecule has 4 heteroatoms. The van der Waals surface area contributed by atoms with Crippen molar-refractivity contribution in [3.05, 3.63) is 28.2 Å². The maximum atomic E-state index is 3.53. The van der Waals surface area contributed by atoms with Gasteiger partial charge in [0.2, 0.25) is 0 Å². The van der Waals surface area contributed by atoms with Crippen LogP contribution in [0.5, 0.6) is 0 Å². The van der Waals surface area contributed by atoms with E-state index < -0.39 is 0 Å². The number of thioether (sulfide) groups is 1. The number of nitrogens with zero attached hydrogens (tertiary/aromatic N) is 1. The van der Waals surface area contributed by atoms with Crippen LogP contribution >= 0.6 is 27.7 Å². The monoisotopic (exact) mass is 330 g/mol. The first kappa shape index (κ1) is 16.0. The third-order valence-electron chi connectivity index (χ3n) is 2.95. The topological polar surface area (TPSA) is 15.3 Å². The summed E-state index contributed by atoms with van der Waals surface area (Å²) in [5.41, 5.74) is 1.37. The minimum Gasteiger partial charge on any atom is -0.316 e. The summed E-state index contributed by atoms with van der Waals surface area (Å²) in [6.45, 7) is 8.81. The molecule has 0 unspecified atom stereocenters. The zero-order valence-corrected chi connectivity index (χ0v) is 13.9. The lowest BCUT2D eigenvalue weighted by molar-refractivity contribution is 0.324. The van der Waals surface area contributed by atoms with Crippen LogP contribution < -0.4 is 5.32 Å². The Morgan fingerprint density at radius 2 is 2.00 bits per heavy atom. The van der Waals surface area contributed by atoms with Crippen molar-refractivity contribution in [2.24, 2.45) is 0 Å². The lowest BCUT2D eigenvalue weighted by Crippen LogP contribution is -2.25. The van der Waals surface area contributed by atoms with Gasteiger partial charge in [0.05, 0.1) is 0 Å². The normalized spacial score (nSPS) is 11.2. The summed E-state index contributed by atoms with van der Waals surface area (Å²) in [5, 5.41) is 3.23. The third kappa shape index (κ3) is 5.31. The van der Waals surface area contributed by atoms with Crippen molar-refractivity contribution in [2.45, 2.75) is 25.3 Å². The molecular weight excluding hydrogens is 308 g/mol. The fourth-order valence-corrected chi connectivity index (χ4v) is 3.30. The summed E-state index contributed by atoms with van der Waals surface area (Å²) in [4.78, 5) is 3.85. The predicted molar refractivity (Wildman–Crippen MR) is 85.4 cm³/mol. The predicted octanol–water partition coefficient (Wildman–Crippen LogP) is 3.60. The molecule has 0 saturated heterocycles. The fraction of sp³-hybridized carbons (Fsp3) is 0.571. The van der Waals surface area contributed by atoms with Crippen LogP contribution in [-0.4, -0.2) is 37.3 Å². The molecule has 0 radical (unpaired) electrons. The molecule has 2 nitrogen and oxygen atoms in total. The molecule has 1 aromatic carbocycles. The standard InChI is InChI=1S/C14H23BrN2S/c1-4-17(5-2)8-9-18-14-7-6-13(15)10-12(14)11-16-3/h6-7,10,16H,4-5,8-9,11H2,1-3H3. The van der Waals surface area contributed by atoms with Gasteiger partial charge in [0.1, 0.15) is 0 Å². The van der Waals surface area contributed by atoms with Crippen molar-refractivity contribution in [1.82, 2.24) is 10.2 Å². The molecule has 0 saturated carbocycles. The molecule has 0 atom stereocenters. The van der Waals surface area contributed by atoms with Crippen molar-refractivity contribution in [1.29, 1.82) is 0 Å². The van der Waals surface area contributed by atoms with Gasteiger partial charge in [-0.05, 0) is 43.9 Å². The molecule has 0 aliphatic heterocycles. The molecule has 0 aliphatic carbocycles. The minimum atomic E-state index is 0.924. The van der Waals surface area contributed by atoms with Crippen molar-refractivity contribution < 1.29 is 0 Å². The molecule has 1 N–H and O–H groups in total. The molecule has 1 aromatic rings. The van der Waals surface area contributed by atoms with Crippen LogP contribution in [0, 0.1) is 0 Å². The van der Waals surface area contributed by atoms with Gasteiger partial charge in [0.25, 0.3) is 0 Å². The molecule has 0 heterocycles. The molecule has 0 fully saturated rings. The molecule has 0 aromatic heterocycles. The molecule has 0 amide bonds. The highest BCUT2D eigenvalue weighted by atomic mass is 79.9. The van der Waals surface area contributed by atoms with Crippen LogP contribution in [0.3, 0.4) is 0 Å². The van der Waals surface area contributed by atoms with Crippen molar-refractivity contribution in [3.63, 3.8) is 0 Å². The second-order valence-corrected chi connectivity index (χ2v) is 6.21. The van der Waals surface area contributed by atoms with Gasteiger partial charge >= 0.3 is 0 Å². The van der Waals surface area contributed by atoms with E-state index in [0.29, 0.717) is 0 Å². The molecule has 0 spiro atoms. The number of hydrogen-bond acceptors (Lipinski definition) is 3. The highest BCUT2D eigenvalue weighted by Crippen LogP contribution is 2.26. The Bertz CT molecular complexity index is 354. The van der Waals surface area contributed by atoms with Crippen LogP contribution in [0.1, 0.15) is 19.4 Å². The second kappa shape index (κ2) is 8.97. The van der Waals surface area contributed by atoms with E-state index in [2.05, 4.69) is 58.2 Å². The van der Waals surface area contributed by atoms with Gasteiger partial charge in [-0.2, -0.15) is 0 Å². The van der Waals surface area contributed by atoms with Crippen LogP contribution in [0.2, 0.25) is 0 Å². The summed E-state index contributed by atoms with van der Waals surface area (Å²) in [6, 6.07) is 6.54. The van der Waals surface area contributed by atoms with Gasteiger partial charge in [0.15, 0.2) is 0 Å². The number of rotatable bonds is 8. The van der Waals surface area contributed by atoms with Crippen LogP contribution in [0.25, 0.3) is 0 Å². The van der Waals surface area contributed by atoms with E-state index in [1.54, 1.807) is 0 Å². The van der Waals surface area contributed by atoms with Gasteiger partial charge in [-0.25, -0.2) is 0 Å². The Morgan fingerprint density at radius 1 is 1.28 bits per heavy atom. The second-order valence-electron chi connectivity index (χ2n) is 4.16. The van der Waals surface area contributed by atoms with E-state index in [0.717, 1.165) is 36.4 Å². The highest BCUT2D eigenvalue weighted by molar-refractivity contribution is 9.10. The quantitative estimate of drug-likeness (QED) is 0.733. The first-order chi connectivity index (χ1) is 8.71. The molecule has 18 heavy (non-hydrogen) atoms. The van der Waals surface area contributed by atoms with Crippen molar-refractivity contribution in [3.8, 4) is 0 Å². The Morgan fingerprint density at radius 3 is 2.61 bits per heavy atom. The number of hydrogen-bond donors (Lipinski definition) is 1. The average Bonchev–Trinajstić information content (AvgIpc) is 2.37. The maximum absolute atomic E-state index is 3.53. The largest absolute Gasteiger partial charge is 0.316 e. The Kier molecular flexibility index (Phi) is 7.98. The van der Waals surface area contributed by atoms with Gasteiger partial charge in [-0.15, -0.1) is 11.8 Å². The van der Waals surface area contributed by atoms with Crippen LogP contribution in [0.4, 0.5) is 0 Å². The molecule has 0 aliphatic rings. The average molecular weight is 331 g/mol. The van der Waals surface area contributed by atoms with Crippen molar-refractivity contribution in [2.75, 3.05) is 32.4 Å². The van der Waals surface area contributed by atoms with E-state index in [4.69, 9.17) is 0 Å². The Hall–Kier alpha value is -0.0300. The van der Waals surface area contributed by atoms with E-state index in [1.807, 2.05) is 18.8 Å². The first-order valence-corrected chi connectivity index (χ1v) is 8.27. The van der Waals surface area contributed by atoms with E-state index in [9.17, 15) is 0 Å². The van der Waals surface area contributed by atoms with Gasteiger partial charge in [-0.3, -0.25) is 0 Å². The third-order valence-corrected chi connectivity index (χ3v) is 4.54. The fourth-order valence-electron chi connectivity index (χ4n) is 1.84. The smallest absolute Gasteiger partial charge is 0.0214 e. The summed E-state index contributed by atoms with van der Waals surface area (Å²) in [6.07, 6.45) is 0. The lowest BCUT2D eigenvalue weighted by atomic mass is 10.2. The van der Waals surface area contributed by atoms with Crippen LogP contribution in [-0.2, 0) is 6.54 Å². The molecule has 0 bridgehead atoms. The van der Waals surface area contributed by atoms with Crippen molar-refractivity contribution >= 4 is 27.7 Å². The van der Waals surface area contributed by atoms with Gasteiger partial charge in [-0.1, -0.05) is 29.8 Å².